The summed E-state index contributed by atoms with van der Waals surface area (Å²) in [6.07, 6.45) is 6.42. The molecule has 3 nitrogen and oxygen atoms in total. The number of ketones is 2. The first kappa shape index (κ1) is 13.5. The smallest absolute Gasteiger partial charge is 0.166 e. The molecule has 1 fully saturated rings. The summed E-state index contributed by atoms with van der Waals surface area (Å²) in [5.74, 6) is 0.394. The summed E-state index contributed by atoms with van der Waals surface area (Å²) in [6, 6.07) is 7.45. The van der Waals surface area contributed by atoms with E-state index in [2.05, 4.69) is 0 Å². The van der Waals surface area contributed by atoms with Gasteiger partial charge in [-0.2, -0.15) is 0 Å². The van der Waals surface area contributed by atoms with E-state index in [1.54, 1.807) is 13.2 Å². The first-order chi connectivity index (χ1) is 9.20. The summed E-state index contributed by atoms with van der Waals surface area (Å²) in [6.45, 7) is 0. The lowest BCUT2D eigenvalue weighted by Crippen LogP contribution is -2.25. The van der Waals surface area contributed by atoms with Gasteiger partial charge in [0, 0.05) is 6.42 Å². The molecule has 0 aromatic heterocycles. The van der Waals surface area contributed by atoms with Crippen LogP contribution in [0.4, 0.5) is 0 Å². The summed E-state index contributed by atoms with van der Waals surface area (Å²) < 4.78 is 5.07. The van der Waals surface area contributed by atoms with Gasteiger partial charge in [-0.3, -0.25) is 9.59 Å². The van der Waals surface area contributed by atoms with E-state index in [-0.39, 0.29) is 11.6 Å². The molecule has 1 unspecified atom stereocenters. The van der Waals surface area contributed by atoms with Crippen LogP contribution in [0, 0.1) is 5.92 Å². The Balaban J connectivity index is 2.00. The van der Waals surface area contributed by atoms with Crippen molar-refractivity contribution >= 4 is 17.6 Å². The highest BCUT2D eigenvalue weighted by Crippen LogP contribution is 2.22. The van der Waals surface area contributed by atoms with Crippen molar-refractivity contribution in [2.75, 3.05) is 7.11 Å². The minimum absolute atomic E-state index is 0.0690. The van der Waals surface area contributed by atoms with Crippen molar-refractivity contribution < 1.29 is 14.3 Å². The molecule has 0 radical (unpaired) electrons. The minimum atomic E-state index is -0.414. The number of hydrogen-bond acceptors (Lipinski definition) is 3. The maximum absolute atomic E-state index is 12.0. The fourth-order valence-corrected chi connectivity index (χ4v) is 2.29. The molecule has 0 saturated heterocycles. The molecule has 1 saturated carbocycles. The Morgan fingerprint density at radius 3 is 2.63 bits per heavy atom. The molecule has 19 heavy (non-hydrogen) atoms. The molecule has 0 heterocycles. The first-order valence-electron chi connectivity index (χ1n) is 6.59. The number of allylic oxidation sites excluding steroid dienone is 1. The van der Waals surface area contributed by atoms with E-state index in [9.17, 15) is 9.59 Å². The molecule has 3 heteroatoms. The van der Waals surface area contributed by atoms with Crippen LogP contribution in [0.15, 0.2) is 30.3 Å². The Hall–Kier alpha value is -1.90. The van der Waals surface area contributed by atoms with Crippen molar-refractivity contribution in [3.05, 3.63) is 35.9 Å². The molecular weight excluding hydrogens is 240 g/mol. The first-order valence-corrected chi connectivity index (χ1v) is 6.59. The topological polar surface area (TPSA) is 43.4 Å². The molecule has 1 aliphatic rings. The van der Waals surface area contributed by atoms with Gasteiger partial charge < -0.3 is 4.74 Å². The van der Waals surface area contributed by atoms with Crippen molar-refractivity contribution in [1.29, 1.82) is 0 Å². The lowest BCUT2D eigenvalue weighted by molar-refractivity contribution is -0.131. The van der Waals surface area contributed by atoms with Crippen molar-refractivity contribution in [2.24, 2.45) is 5.92 Å². The molecule has 0 N–H and O–H groups in total. The quantitative estimate of drug-likeness (QED) is 0.616. The second-order valence-electron chi connectivity index (χ2n) is 4.77. The molecule has 100 valence electrons. The predicted molar refractivity (Wildman–Crippen MR) is 74.0 cm³/mol. The Kier molecular flexibility index (Phi) is 4.50. The third-order valence-corrected chi connectivity index (χ3v) is 3.45. The zero-order chi connectivity index (χ0) is 13.7. The zero-order valence-corrected chi connectivity index (χ0v) is 11.1. The Labute approximate surface area is 113 Å². The molecule has 0 amide bonds. The van der Waals surface area contributed by atoms with Crippen LogP contribution >= 0.6 is 0 Å². The summed E-state index contributed by atoms with van der Waals surface area (Å²) in [4.78, 5) is 23.6. The van der Waals surface area contributed by atoms with Gasteiger partial charge in [0.05, 0.1) is 13.0 Å². The number of carbonyl (C=O) groups is 2. The highest BCUT2D eigenvalue weighted by molar-refractivity contribution is 6.09. The lowest BCUT2D eigenvalue weighted by Gasteiger charge is -2.17. The highest BCUT2D eigenvalue weighted by Gasteiger charge is 2.26. The van der Waals surface area contributed by atoms with Crippen LogP contribution in [0.3, 0.4) is 0 Å². The van der Waals surface area contributed by atoms with Crippen LogP contribution in [0.1, 0.15) is 31.2 Å². The zero-order valence-electron chi connectivity index (χ0n) is 11.1. The summed E-state index contributed by atoms with van der Waals surface area (Å²) in [5.41, 5.74) is 0.928. The monoisotopic (exact) mass is 258 g/mol. The molecule has 0 bridgehead atoms. The summed E-state index contributed by atoms with van der Waals surface area (Å²) >= 11 is 0. The molecule has 1 aliphatic carbocycles. The van der Waals surface area contributed by atoms with Crippen molar-refractivity contribution in [3.63, 3.8) is 0 Å². The lowest BCUT2D eigenvalue weighted by atomic mass is 9.85. The summed E-state index contributed by atoms with van der Waals surface area (Å²) in [7, 11) is 1.61. The van der Waals surface area contributed by atoms with Gasteiger partial charge in [0.2, 0.25) is 0 Å². The van der Waals surface area contributed by atoms with Crippen molar-refractivity contribution in [2.45, 2.75) is 25.7 Å². The number of Topliss-reactive ketones (excluding diaryl/α,β-unsaturated/α-hetero) is 1. The van der Waals surface area contributed by atoms with E-state index in [4.69, 9.17) is 4.74 Å². The average Bonchev–Trinajstić information content (AvgIpc) is 2.46. The van der Waals surface area contributed by atoms with Gasteiger partial charge in [0.1, 0.15) is 11.5 Å². The maximum Gasteiger partial charge on any atom is 0.166 e. The van der Waals surface area contributed by atoms with Gasteiger partial charge in [0.25, 0.3) is 0 Å². The molecule has 1 aromatic carbocycles. The van der Waals surface area contributed by atoms with Crippen LogP contribution in [-0.4, -0.2) is 18.7 Å². The molecule has 2 rings (SSSR count). The second-order valence-corrected chi connectivity index (χ2v) is 4.77. The van der Waals surface area contributed by atoms with E-state index in [1.165, 1.54) is 6.08 Å². The molecule has 1 atom stereocenters. The fourth-order valence-electron chi connectivity index (χ4n) is 2.29. The third-order valence-electron chi connectivity index (χ3n) is 3.45. The number of rotatable bonds is 4. The fraction of sp³-hybridized carbons (Fsp3) is 0.375. The van der Waals surface area contributed by atoms with E-state index in [1.807, 2.05) is 24.3 Å². The maximum atomic E-state index is 12.0. The van der Waals surface area contributed by atoms with Gasteiger partial charge in [-0.1, -0.05) is 24.6 Å². The number of hydrogen-bond donors (Lipinski definition) is 0. The number of benzene rings is 1. The molecule has 0 spiro atoms. The van der Waals surface area contributed by atoms with Crippen LogP contribution in [-0.2, 0) is 9.59 Å². The number of ether oxygens (including phenoxy) is 1. The summed E-state index contributed by atoms with van der Waals surface area (Å²) in [5, 5.41) is 0. The average molecular weight is 258 g/mol. The van der Waals surface area contributed by atoms with Crippen molar-refractivity contribution in [3.8, 4) is 5.75 Å². The SMILES string of the molecule is COc1ccc(/C=C/C(=O)C2CCCCC2=O)cc1. The Morgan fingerprint density at radius 2 is 2.00 bits per heavy atom. The third kappa shape index (κ3) is 3.53. The van der Waals surface area contributed by atoms with E-state index >= 15 is 0 Å². The van der Waals surface area contributed by atoms with Crippen molar-refractivity contribution in [1.82, 2.24) is 0 Å². The molecule has 0 aliphatic heterocycles. The Bertz CT molecular complexity index is 485. The predicted octanol–water partition coefficient (Wildman–Crippen LogP) is 3.04. The normalized spacial score (nSPS) is 19.6. The second kappa shape index (κ2) is 6.32. The van der Waals surface area contributed by atoms with Gasteiger partial charge in [-0.25, -0.2) is 0 Å². The van der Waals surface area contributed by atoms with E-state index in [0.717, 1.165) is 24.2 Å². The van der Waals surface area contributed by atoms with E-state index in [0.29, 0.717) is 12.8 Å². The van der Waals surface area contributed by atoms with Gasteiger partial charge in [-0.15, -0.1) is 0 Å². The number of methoxy groups -OCH3 is 1. The highest BCUT2D eigenvalue weighted by atomic mass is 16.5. The van der Waals surface area contributed by atoms with Crippen LogP contribution < -0.4 is 4.74 Å². The number of carbonyl (C=O) groups excluding carboxylic acids is 2. The van der Waals surface area contributed by atoms with Crippen LogP contribution in [0.5, 0.6) is 5.75 Å². The van der Waals surface area contributed by atoms with E-state index < -0.39 is 5.92 Å². The Morgan fingerprint density at radius 1 is 1.26 bits per heavy atom. The largest absolute Gasteiger partial charge is 0.497 e. The minimum Gasteiger partial charge on any atom is -0.497 e. The molecular formula is C16H18O3. The standard InChI is InChI=1S/C16H18O3/c1-19-13-9-6-12(7-10-13)8-11-16(18)14-4-2-3-5-15(14)17/h6-11,14H,2-5H2,1H3/b11-8+. The van der Waals surface area contributed by atoms with Crippen LogP contribution in [0.2, 0.25) is 0 Å². The van der Waals surface area contributed by atoms with Crippen LogP contribution in [0.25, 0.3) is 6.08 Å². The van der Waals surface area contributed by atoms with Gasteiger partial charge in [-0.05, 0) is 36.6 Å². The molecule has 1 aromatic rings. The van der Waals surface area contributed by atoms with Gasteiger partial charge in [0.15, 0.2) is 5.78 Å². The van der Waals surface area contributed by atoms with Gasteiger partial charge >= 0.3 is 0 Å².